The van der Waals surface area contributed by atoms with Gasteiger partial charge in [0.2, 0.25) is 0 Å². The lowest BCUT2D eigenvalue weighted by Crippen LogP contribution is -2.29. The first-order valence-electron chi connectivity index (χ1n) is 10.5. The summed E-state index contributed by atoms with van der Waals surface area (Å²) in [6, 6.07) is 16.8. The van der Waals surface area contributed by atoms with Gasteiger partial charge in [-0.05, 0) is 55.0 Å². The highest BCUT2D eigenvalue weighted by Gasteiger charge is 2.49. The fourth-order valence-electron chi connectivity index (χ4n) is 4.05. The number of carbonyl (C=O) groups excluding carboxylic acids is 2. The maximum Gasteiger partial charge on any atom is 0.301 e. The maximum atomic E-state index is 15.0. The van der Waals surface area contributed by atoms with Gasteiger partial charge in [0.05, 0.1) is 22.9 Å². The Hall–Kier alpha value is -4.04. The highest BCUT2D eigenvalue weighted by molar-refractivity contribution is 7.22. The number of aliphatic hydroxyl groups excluding tert-OH is 1. The van der Waals surface area contributed by atoms with E-state index in [1.807, 2.05) is 25.1 Å². The molecule has 8 heteroatoms. The van der Waals surface area contributed by atoms with E-state index in [0.717, 1.165) is 10.3 Å². The highest BCUT2D eigenvalue weighted by Crippen LogP contribution is 2.45. The molecule has 0 radical (unpaired) electrons. The SMILES string of the molecule is COc1ccc(C(O)=C2C(=O)C(=O)N(c3nc4ccc(C)cc4s3)[C@H]2c2ccccc2F)cc1. The van der Waals surface area contributed by atoms with E-state index in [9.17, 15) is 19.1 Å². The second-order valence-corrected chi connectivity index (χ2v) is 8.90. The number of aromatic nitrogens is 1. The number of methoxy groups -OCH3 is 1. The summed E-state index contributed by atoms with van der Waals surface area (Å²) in [5.74, 6) is -2.21. The van der Waals surface area contributed by atoms with Crippen molar-refractivity contribution in [1.29, 1.82) is 0 Å². The first-order chi connectivity index (χ1) is 16.4. The van der Waals surface area contributed by atoms with Crippen molar-refractivity contribution < 1.29 is 23.8 Å². The van der Waals surface area contributed by atoms with Crippen LogP contribution in [0.4, 0.5) is 9.52 Å². The Kier molecular flexibility index (Phi) is 5.37. The molecule has 2 heterocycles. The van der Waals surface area contributed by atoms with Crippen molar-refractivity contribution >= 4 is 44.1 Å². The molecule has 0 unspecified atom stereocenters. The number of benzene rings is 3. The summed E-state index contributed by atoms with van der Waals surface area (Å²) in [4.78, 5) is 32.2. The van der Waals surface area contributed by atoms with Crippen LogP contribution in [-0.2, 0) is 9.59 Å². The van der Waals surface area contributed by atoms with Crippen molar-refractivity contribution in [2.45, 2.75) is 13.0 Å². The summed E-state index contributed by atoms with van der Waals surface area (Å²) in [6.07, 6.45) is 0. The Morgan fingerprint density at radius 1 is 1.09 bits per heavy atom. The average molecular weight is 475 g/mol. The van der Waals surface area contributed by atoms with E-state index in [1.165, 1.54) is 41.5 Å². The van der Waals surface area contributed by atoms with Crippen LogP contribution in [0, 0.1) is 12.7 Å². The second kappa shape index (κ2) is 8.39. The quantitative estimate of drug-likeness (QED) is 0.244. The van der Waals surface area contributed by atoms with Crippen molar-refractivity contribution in [2.24, 2.45) is 0 Å². The minimum atomic E-state index is -1.18. The van der Waals surface area contributed by atoms with Crippen LogP contribution in [0.25, 0.3) is 16.0 Å². The third kappa shape index (κ3) is 3.52. The number of hydrogen-bond acceptors (Lipinski definition) is 6. The van der Waals surface area contributed by atoms with Gasteiger partial charge in [-0.1, -0.05) is 35.6 Å². The van der Waals surface area contributed by atoms with Crippen molar-refractivity contribution in [1.82, 2.24) is 4.98 Å². The van der Waals surface area contributed by atoms with E-state index in [2.05, 4.69) is 4.98 Å². The number of aliphatic hydroxyl groups is 1. The summed E-state index contributed by atoms with van der Waals surface area (Å²) >= 11 is 1.23. The predicted molar refractivity (Wildman–Crippen MR) is 129 cm³/mol. The molecule has 1 amide bonds. The standard InChI is InChI=1S/C26H19FN2O4S/c1-14-7-12-19-20(13-14)34-26(28-19)29-22(17-5-3-4-6-18(17)27)21(24(31)25(29)32)23(30)15-8-10-16(33-2)11-9-15/h3-13,22,30H,1-2H3/t22-/m0/s1. The molecular weight excluding hydrogens is 455 g/mol. The van der Waals surface area contributed by atoms with Gasteiger partial charge in [-0.2, -0.15) is 0 Å². The number of anilines is 1. The van der Waals surface area contributed by atoms with E-state index in [0.29, 0.717) is 16.8 Å². The average Bonchev–Trinajstić information content (AvgIpc) is 3.36. The summed E-state index contributed by atoms with van der Waals surface area (Å²) < 4.78 is 21.0. The van der Waals surface area contributed by atoms with Crippen molar-refractivity contribution in [2.75, 3.05) is 12.0 Å². The molecule has 1 fully saturated rings. The zero-order valence-electron chi connectivity index (χ0n) is 18.3. The van der Waals surface area contributed by atoms with Crippen LogP contribution in [0.15, 0.2) is 72.3 Å². The minimum Gasteiger partial charge on any atom is -0.507 e. The number of ether oxygens (including phenoxy) is 1. The number of thiazole rings is 1. The van der Waals surface area contributed by atoms with Crippen molar-refractivity contribution in [3.8, 4) is 5.75 Å². The molecule has 1 N–H and O–H groups in total. The lowest BCUT2D eigenvalue weighted by atomic mass is 9.95. The number of fused-ring (bicyclic) bond motifs is 1. The molecule has 1 aliphatic heterocycles. The highest BCUT2D eigenvalue weighted by atomic mass is 32.1. The number of halogens is 1. The molecule has 1 aliphatic rings. The maximum absolute atomic E-state index is 15.0. The lowest BCUT2D eigenvalue weighted by molar-refractivity contribution is -0.132. The fraction of sp³-hybridized carbons (Fsp3) is 0.115. The van der Waals surface area contributed by atoms with E-state index >= 15 is 0 Å². The zero-order chi connectivity index (χ0) is 24.0. The minimum absolute atomic E-state index is 0.0900. The zero-order valence-corrected chi connectivity index (χ0v) is 19.1. The number of nitrogens with zero attached hydrogens (tertiary/aromatic N) is 2. The molecule has 5 rings (SSSR count). The van der Waals surface area contributed by atoms with Crippen LogP contribution in [0.1, 0.15) is 22.7 Å². The van der Waals surface area contributed by atoms with Gasteiger partial charge in [0, 0.05) is 11.1 Å². The Balaban J connectivity index is 1.73. The van der Waals surface area contributed by atoms with Crippen LogP contribution in [0.3, 0.4) is 0 Å². The third-order valence-corrected chi connectivity index (χ3v) is 6.76. The summed E-state index contributed by atoms with van der Waals surface area (Å²) in [5, 5.41) is 11.4. The molecule has 170 valence electrons. The molecule has 1 atom stereocenters. The van der Waals surface area contributed by atoms with Gasteiger partial charge >= 0.3 is 5.91 Å². The number of carbonyl (C=O) groups is 2. The molecule has 4 aromatic rings. The fourth-order valence-corrected chi connectivity index (χ4v) is 5.14. The molecule has 0 saturated carbocycles. The van der Waals surface area contributed by atoms with Crippen LogP contribution >= 0.6 is 11.3 Å². The Morgan fingerprint density at radius 2 is 1.82 bits per heavy atom. The molecule has 6 nitrogen and oxygen atoms in total. The van der Waals surface area contributed by atoms with Crippen molar-refractivity contribution in [3.63, 3.8) is 0 Å². The summed E-state index contributed by atoms with van der Waals surface area (Å²) in [7, 11) is 1.51. The van der Waals surface area contributed by atoms with E-state index in [4.69, 9.17) is 4.74 Å². The first kappa shape index (κ1) is 21.8. The Morgan fingerprint density at radius 3 is 2.53 bits per heavy atom. The lowest BCUT2D eigenvalue weighted by Gasteiger charge is -2.23. The molecule has 1 aromatic heterocycles. The van der Waals surface area contributed by atoms with Crippen molar-refractivity contribution in [3.05, 3.63) is 94.8 Å². The Labute approximate surface area is 198 Å². The number of aryl methyl sites for hydroxylation is 1. The molecule has 0 aliphatic carbocycles. The van der Waals surface area contributed by atoms with E-state index in [-0.39, 0.29) is 16.3 Å². The topological polar surface area (TPSA) is 79.7 Å². The Bertz CT molecular complexity index is 1480. The number of amides is 1. The molecular formula is C26H19FN2O4S. The largest absolute Gasteiger partial charge is 0.507 e. The van der Waals surface area contributed by atoms with E-state index in [1.54, 1.807) is 30.3 Å². The van der Waals surface area contributed by atoms with Gasteiger partial charge < -0.3 is 9.84 Å². The monoisotopic (exact) mass is 474 g/mol. The van der Waals surface area contributed by atoms with Crippen LogP contribution in [0.5, 0.6) is 5.75 Å². The normalized spacial score (nSPS) is 17.5. The number of ketones is 1. The van der Waals surface area contributed by atoms with Gasteiger partial charge in [0.15, 0.2) is 5.13 Å². The van der Waals surface area contributed by atoms with Gasteiger partial charge in [-0.25, -0.2) is 9.37 Å². The first-order valence-corrected chi connectivity index (χ1v) is 11.3. The van der Waals surface area contributed by atoms with Gasteiger partial charge in [0.1, 0.15) is 23.4 Å². The second-order valence-electron chi connectivity index (χ2n) is 7.89. The van der Waals surface area contributed by atoms with Gasteiger partial charge in [0.25, 0.3) is 5.78 Å². The van der Waals surface area contributed by atoms with E-state index < -0.39 is 29.3 Å². The smallest absolute Gasteiger partial charge is 0.301 e. The number of rotatable bonds is 4. The molecule has 1 saturated heterocycles. The third-order valence-electron chi connectivity index (χ3n) is 5.75. The molecule has 3 aromatic carbocycles. The van der Waals surface area contributed by atoms with Crippen LogP contribution < -0.4 is 9.64 Å². The molecule has 0 spiro atoms. The van der Waals surface area contributed by atoms with Crippen LogP contribution in [-0.4, -0.2) is 28.9 Å². The van der Waals surface area contributed by atoms with Gasteiger partial charge in [-0.3, -0.25) is 14.5 Å². The number of Topliss-reactive ketones (excluding diaryl/α,β-unsaturated/α-hetero) is 1. The molecule has 34 heavy (non-hydrogen) atoms. The van der Waals surface area contributed by atoms with Crippen LogP contribution in [0.2, 0.25) is 0 Å². The predicted octanol–water partition coefficient (Wildman–Crippen LogP) is 5.38. The van der Waals surface area contributed by atoms with Gasteiger partial charge in [-0.15, -0.1) is 0 Å². The number of hydrogen-bond donors (Lipinski definition) is 1. The molecule has 0 bridgehead atoms. The summed E-state index contributed by atoms with van der Waals surface area (Å²) in [6.45, 7) is 1.94. The summed E-state index contributed by atoms with van der Waals surface area (Å²) in [5.41, 5.74) is 1.88.